The quantitative estimate of drug-likeness (QED) is 0.880. The number of rotatable bonds is 4. The fraction of sp³-hybridized carbons (Fsp3) is 0.143. The number of thiocarbonyl (C=S) groups is 1. The highest BCUT2D eigenvalue weighted by molar-refractivity contribution is 7.80. The summed E-state index contributed by atoms with van der Waals surface area (Å²) < 4.78 is 0. The highest BCUT2D eigenvalue weighted by atomic mass is 35.5. The van der Waals surface area contributed by atoms with Crippen molar-refractivity contribution in [2.75, 3.05) is 11.9 Å². The normalized spacial score (nSPS) is 10.2. The second-order valence-electron chi connectivity index (χ2n) is 4.23. The van der Waals surface area contributed by atoms with Crippen molar-refractivity contribution in [1.82, 2.24) is 4.98 Å². The molecule has 2 N–H and O–H groups in total. The van der Waals surface area contributed by atoms with Crippen molar-refractivity contribution in [3.05, 3.63) is 58.9 Å². The zero-order chi connectivity index (χ0) is 13.8. The predicted octanol–water partition coefficient (Wildman–Crippen LogP) is 3.01. The molecule has 0 bridgehead atoms. The van der Waals surface area contributed by atoms with E-state index in [-0.39, 0.29) is 0 Å². The van der Waals surface area contributed by atoms with Gasteiger partial charge in [0, 0.05) is 37.2 Å². The number of hydrogen-bond donors (Lipinski definition) is 1. The van der Waals surface area contributed by atoms with Crippen LogP contribution in [0.3, 0.4) is 0 Å². The van der Waals surface area contributed by atoms with Crippen LogP contribution < -0.4 is 10.6 Å². The molecule has 0 amide bonds. The standard InChI is InChI=1S/C14H14ClN3S/c1-18(9-11-6-7-17-8-13(11)15)12-4-2-10(3-5-12)14(16)19/h2-8H,9H2,1H3,(H2,16,19). The van der Waals surface area contributed by atoms with Gasteiger partial charge in [-0.25, -0.2) is 0 Å². The van der Waals surface area contributed by atoms with Crippen LogP contribution in [0.1, 0.15) is 11.1 Å². The Balaban J connectivity index is 2.14. The van der Waals surface area contributed by atoms with Gasteiger partial charge >= 0.3 is 0 Å². The van der Waals surface area contributed by atoms with E-state index < -0.39 is 0 Å². The Kier molecular flexibility index (Phi) is 4.35. The van der Waals surface area contributed by atoms with Gasteiger partial charge in [-0.3, -0.25) is 4.98 Å². The van der Waals surface area contributed by atoms with Crippen LogP contribution in [0.2, 0.25) is 5.02 Å². The van der Waals surface area contributed by atoms with Gasteiger partial charge in [0.25, 0.3) is 0 Å². The van der Waals surface area contributed by atoms with Crippen LogP contribution in [0, 0.1) is 0 Å². The number of halogens is 1. The maximum Gasteiger partial charge on any atom is 0.103 e. The highest BCUT2D eigenvalue weighted by Crippen LogP contribution is 2.20. The maximum absolute atomic E-state index is 6.10. The van der Waals surface area contributed by atoms with Crippen LogP contribution in [-0.2, 0) is 6.54 Å². The Morgan fingerprint density at radius 2 is 2.00 bits per heavy atom. The lowest BCUT2D eigenvalue weighted by molar-refractivity contribution is 0.920. The van der Waals surface area contributed by atoms with E-state index in [0.29, 0.717) is 16.6 Å². The number of nitrogens with zero attached hydrogens (tertiary/aromatic N) is 2. The van der Waals surface area contributed by atoms with E-state index in [0.717, 1.165) is 16.8 Å². The van der Waals surface area contributed by atoms with E-state index >= 15 is 0 Å². The third-order valence-corrected chi connectivity index (χ3v) is 3.43. The Morgan fingerprint density at radius 1 is 1.32 bits per heavy atom. The lowest BCUT2D eigenvalue weighted by atomic mass is 10.2. The molecular weight excluding hydrogens is 278 g/mol. The fourth-order valence-corrected chi connectivity index (χ4v) is 2.07. The van der Waals surface area contributed by atoms with Crippen LogP contribution in [0.5, 0.6) is 0 Å². The summed E-state index contributed by atoms with van der Waals surface area (Å²) in [5.41, 5.74) is 8.56. The molecule has 2 rings (SSSR count). The molecule has 5 heteroatoms. The van der Waals surface area contributed by atoms with Crippen molar-refractivity contribution in [2.24, 2.45) is 5.73 Å². The number of benzene rings is 1. The molecule has 0 fully saturated rings. The minimum atomic E-state index is 0.409. The summed E-state index contributed by atoms with van der Waals surface area (Å²) in [5.74, 6) is 0. The number of aromatic nitrogens is 1. The topological polar surface area (TPSA) is 42.2 Å². The molecule has 98 valence electrons. The van der Waals surface area contributed by atoms with E-state index in [4.69, 9.17) is 29.6 Å². The number of anilines is 1. The molecule has 0 aliphatic rings. The molecule has 0 saturated carbocycles. The minimum absolute atomic E-state index is 0.409. The van der Waals surface area contributed by atoms with E-state index in [1.807, 2.05) is 37.4 Å². The van der Waals surface area contributed by atoms with E-state index in [2.05, 4.69) is 9.88 Å². The molecule has 0 saturated heterocycles. The van der Waals surface area contributed by atoms with Crippen LogP contribution in [0.4, 0.5) is 5.69 Å². The molecule has 0 atom stereocenters. The van der Waals surface area contributed by atoms with Gasteiger partial charge in [-0.05, 0) is 35.9 Å². The highest BCUT2D eigenvalue weighted by Gasteiger charge is 2.06. The summed E-state index contributed by atoms with van der Waals surface area (Å²) in [7, 11) is 2.01. The van der Waals surface area contributed by atoms with Gasteiger partial charge in [0.2, 0.25) is 0 Å². The van der Waals surface area contributed by atoms with E-state index in [1.54, 1.807) is 12.4 Å². The molecule has 0 radical (unpaired) electrons. The van der Waals surface area contributed by atoms with Crippen LogP contribution >= 0.6 is 23.8 Å². The number of nitrogens with two attached hydrogens (primary N) is 1. The van der Waals surface area contributed by atoms with E-state index in [9.17, 15) is 0 Å². The maximum atomic E-state index is 6.10. The summed E-state index contributed by atoms with van der Waals surface area (Å²) >= 11 is 11.0. The summed E-state index contributed by atoms with van der Waals surface area (Å²) in [5, 5.41) is 0.675. The van der Waals surface area contributed by atoms with Crippen molar-refractivity contribution in [3.8, 4) is 0 Å². The van der Waals surface area contributed by atoms with E-state index in [1.165, 1.54) is 0 Å². The lowest BCUT2D eigenvalue weighted by Gasteiger charge is -2.20. The minimum Gasteiger partial charge on any atom is -0.389 e. The van der Waals surface area contributed by atoms with Crippen LogP contribution in [-0.4, -0.2) is 17.0 Å². The van der Waals surface area contributed by atoms with Gasteiger partial charge in [-0.2, -0.15) is 0 Å². The second kappa shape index (κ2) is 5.99. The molecule has 2 aromatic rings. The van der Waals surface area contributed by atoms with Gasteiger partial charge in [-0.15, -0.1) is 0 Å². The summed E-state index contributed by atoms with van der Waals surface area (Å²) in [4.78, 5) is 6.49. The number of pyridine rings is 1. The zero-order valence-corrected chi connectivity index (χ0v) is 12.1. The largest absolute Gasteiger partial charge is 0.389 e. The monoisotopic (exact) mass is 291 g/mol. The van der Waals surface area contributed by atoms with Gasteiger partial charge in [0.15, 0.2) is 0 Å². The molecule has 1 aromatic carbocycles. The first-order valence-corrected chi connectivity index (χ1v) is 6.56. The van der Waals surface area contributed by atoms with Crippen molar-refractivity contribution >= 4 is 34.5 Å². The SMILES string of the molecule is CN(Cc1ccncc1Cl)c1ccc(C(N)=S)cc1. The van der Waals surface area contributed by atoms with Gasteiger partial charge in [0.1, 0.15) is 4.99 Å². The Hall–Kier alpha value is -1.65. The third kappa shape index (κ3) is 3.43. The average Bonchev–Trinajstić information content (AvgIpc) is 2.41. The first-order chi connectivity index (χ1) is 9.08. The summed E-state index contributed by atoms with van der Waals surface area (Å²) in [6.07, 6.45) is 3.39. The molecule has 19 heavy (non-hydrogen) atoms. The molecule has 1 aromatic heterocycles. The molecule has 0 aliphatic heterocycles. The van der Waals surface area contributed by atoms with Crippen molar-refractivity contribution in [1.29, 1.82) is 0 Å². The van der Waals surface area contributed by atoms with Crippen LogP contribution in [0.25, 0.3) is 0 Å². The van der Waals surface area contributed by atoms with Crippen LogP contribution in [0.15, 0.2) is 42.7 Å². The second-order valence-corrected chi connectivity index (χ2v) is 5.08. The zero-order valence-electron chi connectivity index (χ0n) is 10.5. The number of hydrogen-bond acceptors (Lipinski definition) is 3. The Labute approximate surface area is 123 Å². The molecule has 0 aliphatic carbocycles. The molecule has 0 unspecified atom stereocenters. The smallest absolute Gasteiger partial charge is 0.103 e. The lowest BCUT2D eigenvalue weighted by Crippen LogP contribution is -2.17. The first-order valence-electron chi connectivity index (χ1n) is 5.77. The first kappa shape index (κ1) is 13.8. The molecule has 1 heterocycles. The summed E-state index contributed by atoms with van der Waals surface area (Å²) in [6.45, 7) is 0.716. The van der Waals surface area contributed by atoms with Crippen molar-refractivity contribution in [3.63, 3.8) is 0 Å². The Morgan fingerprint density at radius 3 is 2.58 bits per heavy atom. The third-order valence-electron chi connectivity index (χ3n) is 2.86. The molecule has 3 nitrogen and oxygen atoms in total. The van der Waals surface area contributed by atoms with Crippen molar-refractivity contribution in [2.45, 2.75) is 6.54 Å². The van der Waals surface area contributed by atoms with Crippen molar-refractivity contribution < 1.29 is 0 Å². The Bertz CT molecular complexity index is 583. The fourth-order valence-electron chi connectivity index (χ4n) is 1.76. The average molecular weight is 292 g/mol. The predicted molar refractivity (Wildman–Crippen MR) is 83.7 cm³/mol. The van der Waals surface area contributed by atoms with Gasteiger partial charge in [-0.1, -0.05) is 23.8 Å². The molecular formula is C14H14ClN3S. The van der Waals surface area contributed by atoms with Gasteiger partial charge in [0.05, 0.1) is 5.02 Å². The van der Waals surface area contributed by atoms with Gasteiger partial charge < -0.3 is 10.6 Å². The molecule has 0 spiro atoms. The summed E-state index contributed by atoms with van der Waals surface area (Å²) in [6, 6.07) is 9.74.